The molecule has 4 rings (SSSR count). The summed E-state index contributed by atoms with van der Waals surface area (Å²) in [6.45, 7) is 2.81. The number of rotatable bonds is 7. The van der Waals surface area contributed by atoms with Gasteiger partial charge < -0.3 is 14.5 Å². The van der Waals surface area contributed by atoms with E-state index in [1.807, 2.05) is 85.8 Å². The minimum absolute atomic E-state index is 0.299. The monoisotopic (exact) mass is 398 g/mol. The van der Waals surface area contributed by atoms with Crippen molar-refractivity contribution in [1.82, 2.24) is 9.72 Å². The van der Waals surface area contributed by atoms with Crippen molar-refractivity contribution in [2.75, 3.05) is 6.61 Å². The molecule has 150 valence electrons. The van der Waals surface area contributed by atoms with Crippen LogP contribution >= 0.6 is 0 Å². The summed E-state index contributed by atoms with van der Waals surface area (Å²) in [4.78, 5) is 25.8. The Morgan fingerprint density at radius 3 is 2.40 bits per heavy atom. The van der Waals surface area contributed by atoms with E-state index in [0.717, 1.165) is 22.4 Å². The van der Waals surface area contributed by atoms with Gasteiger partial charge >= 0.3 is 0 Å². The van der Waals surface area contributed by atoms with Gasteiger partial charge in [0.05, 0.1) is 6.61 Å². The van der Waals surface area contributed by atoms with Gasteiger partial charge in [0.15, 0.2) is 0 Å². The first kappa shape index (κ1) is 19.5. The van der Waals surface area contributed by atoms with Crippen LogP contribution in [0.1, 0.15) is 23.0 Å². The number of aromatic nitrogens is 1. The highest BCUT2D eigenvalue weighted by atomic mass is 16.5. The lowest BCUT2D eigenvalue weighted by Crippen LogP contribution is -2.31. The molecule has 1 N–H and O–H groups in total. The summed E-state index contributed by atoms with van der Waals surface area (Å²) in [5.74, 6) is -0.436. The number of ketones is 1. The zero-order chi connectivity index (χ0) is 20.9. The standard InChI is InChI=1S/C25H22N2O3/c1-2-30-21-13-11-19(12-14-21)22-16-20-10-6-7-15-27(20)23(22)24(28)25(29)26-17-18-8-4-3-5-9-18/h3-16H,2,17H2,1H3,(H,26,29). The molecule has 0 aliphatic carbocycles. The zero-order valence-corrected chi connectivity index (χ0v) is 16.7. The normalized spacial score (nSPS) is 10.7. The third kappa shape index (κ3) is 3.96. The molecule has 4 aromatic rings. The summed E-state index contributed by atoms with van der Waals surface area (Å²) >= 11 is 0. The van der Waals surface area contributed by atoms with Gasteiger partial charge in [-0.15, -0.1) is 0 Å². The lowest BCUT2D eigenvalue weighted by atomic mass is 10.0. The maximum Gasteiger partial charge on any atom is 0.294 e. The maximum atomic E-state index is 13.1. The van der Waals surface area contributed by atoms with Gasteiger partial charge in [0.2, 0.25) is 0 Å². The predicted molar refractivity (Wildman–Crippen MR) is 117 cm³/mol. The van der Waals surface area contributed by atoms with Crippen molar-refractivity contribution in [3.8, 4) is 16.9 Å². The summed E-state index contributed by atoms with van der Waals surface area (Å²) in [5.41, 5.74) is 3.69. The predicted octanol–water partition coefficient (Wildman–Crippen LogP) is 4.50. The van der Waals surface area contributed by atoms with Crippen LogP contribution in [-0.2, 0) is 11.3 Å². The average Bonchev–Trinajstić information content (AvgIpc) is 3.18. The van der Waals surface area contributed by atoms with Crippen LogP contribution in [0, 0.1) is 0 Å². The minimum Gasteiger partial charge on any atom is -0.494 e. The molecule has 0 spiro atoms. The van der Waals surface area contributed by atoms with Crippen molar-refractivity contribution in [2.45, 2.75) is 13.5 Å². The first-order chi connectivity index (χ1) is 14.7. The molecule has 0 aliphatic heterocycles. The maximum absolute atomic E-state index is 13.1. The Labute approximate surface area is 174 Å². The van der Waals surface area contributed by atoms with Gasteiger partial charge in [0, 0.05) is 23.8 Å². The van der Waals surface area contributed by atoms with Crippen molar-refractivity contribution in [3.63, 3.8) is 0 Å². The van der Waals surface area contributed by atoms with Gasteiger partial charge in [-0.1, -0.05) is 48.5 Å². The molecule has 2 heterocycles. The summed E-state index contributed by atoms with van der Waals surface area (Å²) < 4.78 is 7.27. The van der Waals surface area contributed by atoms with E-state index in [-0.39, 0.29) is 0 Å². The van der Waals surface area contributed by atoms with Crippen LogP contribution in [0.15, 0.2) is 85.1 Å². The Kier molecular flexibility index (Phi) is 5.61. The van der Waals surface area contributed by atoms with Gasteiger partial charge in [-0.3, -0.25) is 9.59 Å². The van der Waals surface area contributed by atoms with Crippen molar-refractivity contribution in [1.29, 1.82) is 0 Å². The summed E-state index contributed by atoms with van der Waals surface area (Å²) in [6, 6.07) is 24.6. The molecule has 0 unspecified atom stereocenters. The largest absolute Gasteiger partial charge is 0.494 e. The molecule has 1 amide bonds. The highest BCUT2D eigenvalue weighted by Crippen LogP contribution is 2.29. The molecule has 0 fully saturated rings. The van der Waals surface area contributed by atoms with Crippen molar-refractivity contribution in [3.05, 3.63) is 96.3 Å². The van der Waals surface area contributed by atoms with E-state index in [1.165, 1.54) is 0 Å². The third-order valence-corrected chi connectivity index (χ3v) is 4.87. The molecule has 0 radical (unpaired) electrons. The van der Waals surface area contributed by atoms with Crippen LogP contribution in [0.3, 0.4) is 0 Å². The molecule has 0 atom stereocenters. The van der Waals surface area contributed by atoms with Crippen molar-refractivity contribution < 1.29 is 14.3 Å². The Morgan fingerprint density at radius 1 is 0.933 bits per heavy atom. The van der Waals surface area contributed by atoms with E-state index in [4.69, 9.17) is 4.74 Å². The number of nitrogens with zero attached hydrogens (tertiary/aromatic N) is 1. The van der Waals surface area contributed by atoms with E-state index in [2.05, 4.69) is 5.32 Å². The molecule has 5 heteroatoms. The second-order valence-electron chi connectivity index (χ2n) is 6.86. The number of amides is 1. The number of hydrogen-bond donors (Lipinski definition) is 1. The molecule has 2 aromatic heterocycles. The number of nitrogens with one attached hydrogen (secondary N) is 1. The molecular formula is C25H22N2O3. The molecule has 2 aromatic carbocycles. The molecular weight excluding hydrogens is 376 g/mol. The highest BCUT2D eigenvalue weighted by Gasteiger charge is 2.24. The fourth-order valence-electron chi connectivity index (χ4n) is 3.44. The van der Waals surface area contributed by atoms with Crippen LogP contribution in [-0.4, -0.2) is 22.7 Å². The van der Waals surface area contributed by atoms with Gasteiger partial charge in [-0.25, -0.2) is 0 Å². The number of ether oxygens (including phenoxy) is 1. The van der Waals surface area contributed by atoms with Gasteiger partial charge in [0.25, 0.3) is 11.7 Å². The topological polar surface area (TPSA) is 59.8 Å². The number of carbonyl (C=O) groups is 2. The third-order valence-electron chi connectivity index (χ3n) is 4.87. The number of Topliss-reactive ketones (excluding diaryl/α,β-unsaturated/α-hetero) is 1. The van der Waals surface area contributed by atoms with Crippen LogP contribution < -0.4 is 10.1 Å². The minimum atomic E-state index is -0.630. The first-order valence-electron chi connectivity index (χ1n) is 9.87. The number of fused-ring (bicyclic) bond motifs is 1. The van der Waals surface area contributed by atoms with E-state index in [9.17, 15) is 9.59 Å². The van der Waals surface area contributed by atoms with Gasteiger partial charge in [-0.2, -0.15) is 0 Å². The highest BCUT2D eigenvalue weighted by molar-refractivity contribution is 6.43. The Morgan fingerprint density at radius 2 is 1.67 bits per heavy atom. The zero-order valence-electron chi connectivity index (χ0n) is 16.7. The number of carbonyl (C=O) groups excluding carboxylic acids is 2. The van der Waals surface area contributed by atoms with E-state index < -0.39 is 11.7 Å². The van der Waals surface area contributed by atoms with Crippen LogP contribution in [0.25, 0.3) is 16.6 Å². The average molecular weight is 398 g/mol. The molecule has 0 aliphatic rings. The number of hydrogen-bond acceptors (Lipinski definition) is 3. The first-order valence-corrected chi connectivity index (χ1v) is 9.87. The van der Waals surface area contributed by atoms with Gasteiger partial charge in [0.1, 0.15) is 11.4 Å². The summed E-state index contributed by atoms with van der Waals surface area (Å²) in [6.07, 6.45) is 1.80. The second-order valence-corrected chi connectivity index (χ2v) is 6.86. The molecule has 0 saturated heterocycles. The van der Waals surface area contributed by atoms with Crippen molar-refractivity contribution >= 4 is 17.2 Å². The number of benzene rings is 2. The van der Waals surface area contributed by atoms with Crippen LogP contribution in [0.2, 0.25) is 0 Å². The molecule has 30 heavy (non-hydrogen) atoms. The molecule has 5 nitrogen and oxygen atoms in total. The fraction of sp³-hybridized carbons (Fsp3) is 0.120. The smallest absolute Gasteiger partial charge is 0.294 e. The van der Waals surface area contributed by atoms with E-state index in [1.54, 1.807) is 10.6 Å². The van der Waals surface area contributed by atoms with Crippen LogP contribution in [0.4, 0.5) is 0 Å². The summed E-state index contributed by atoms with van der Waals surface area (Å²) in [5, 5.41) is 2.73. The van der Waals surface area contributed by atoms with Gasteiger partial charge in [-0.05, 0) is 48.4 Å². The fourth-order valence-corrected chi connectivity index (χ4v) is 3.44. The second kappa shape index (κ2) is 8.66. The lowest BCUT2D eigenvalue weighted by Gasteiger charge is -2.09. The van der Waals surface area contributed by atoms with Crippen LogP contribution in [0.5, 0.6) is 5.75 Å². The Balaban J connectivity index is 1.67. The van der Waals surface area contributed by atoms with E-state index in [0.29, 0.717) is 24.4 Å². The lowest BCUT2D eigenvalue weighted by molar-refractivity contribution is -0.117. The molecule has 0 saturated carbocycles. The number of pyridine rings is 1. The SMILES string of the molecule is CCOc1ccc(-c2cc3ccccn3c2C(=O)C(=O)NCc2ccccc2)cc1. The quantitative estimate of drug-likeness (QED) is 0.368. The summed E-state index contributed by atoms with van der Waals surface area (Å²) in [7, 11) is 0. The molecule has 0 bridgehead atoms. The Hall–Kier alpha value is -3.86. The van der Waals surface area contributed by atoms with Crippen molar-refractivity contribution in [2.24, 2.45) is 0 Å². The Bertz CT molecular complexity index is 1180. The van der Waals surface area contributed by atoms with E-state index >= 15 is 0 Å².